The Kier molecular flexibility index (Phi) is 4.68. The van der Waals surface area contributed by atoms with Gasteiger partial charge in [0, 0.05) is 25.5 Å². The zero-order valence-electron chi connectivity index (χ0n) is 10.9. The fourth-order valence-electron chi connectivity index (χ4n) is 1.90. The molecule has 5 nitrogen and oxygen atoms in total. The molecule has 0 unspecified atom stereocenters. The summed E-state index contributed by atoms with van der Waals surface area (Å²) < 4.78 is 15.9. The molecule has 5 N–H and O–H groups in total. The highest BCUT2D eigenvalue weighted by atomic mass is 35.5. The highest BCUT2D eigenvalue weighted by molar-refractivity contribution is 6.33. The largest absolute Gasteiger partial charge is 0.397 e. The van der Waals surface area contributed by atoms with Gasteiger partial charge in [-0.2, -0.15) is 0 Å². The number of unbranched alkanes of at least 4 members (excludes halogenated alkanes) is 1. The van der Waals surface area contributed by atoms with Crippen LogP contribution in [0.25, 0.3) is 0 Å². The molecular weight excluding hydrogens is 281 g/mol. The number of imidazole rings is 1. The highest BCUT2D eigenvalue weighted by Gasteiger charge is 2.13. The summed E-state index contributed by atoms with van der Waals surface area (Å²) in [7, 11) is 0. The Hall–Kier alpha value is -1.95. The molecule has 1 aromatic heterocycles. The molecule has 0 radical (unpaired) electrons. The van der Waals surface area contributed by atoms with E-state index in [0.29, 0.717) is 6.54 Å². The number of aryl methyl sites for hydroxylation is 1. The molecular formula is C13H17ClFN5. The monoisotopic (exact) mass is 297 g/mol. The van der Waals surface area contributed by atoms with Crippen molar-refractivity contribution in [3.63, 3.8) is 0 Å². The Morgan fingerprint density at radius 2 is 2.10 bits per heavy atom. The van der Waals surface area contributed by atoms with Gasteiger partial charge in [-0.3, -0.25) is 0 Å². The molecule has 0 spiro atoms. The molecule has 0 saturated heterocycles. The van der Waals surface area contributed by atoms with Crippen molar-refractivity contribution >= 4 is 28.7 Å². The zero-order valence-corrected chi connectivity index (χ0v) is 11.7. The second-order valence-electron chi connectivity index (χ2n) is 4.49. The Morgan fingerprint density at radius 1 is 1.30 bits per heavy atom. The Balaban J connectivity index is 1.84. The Bertz CT molecular complexity index is 571. The van der Waals surface area contributed by atoms with Gasteiger partial charge in [-0.15, -0.1) is 0 Å². The molecule has 0 bridgehead atoms. The summed E-state index contributed by atoms with van der Waals surface area (Å²) in [5.74, 6) is -0.598. The van der Waals surface area contributed by atoms with Crippen molar-refractivity contribution in [2.45, 2.75) is 19.4 Å². The maximum Gasteiger partial charge on any atom is 0.169 e. The topological polar surface area (TPSA) is 81.9 Å². The number of aromatic nitrogens is 2. The lowest BCUT2D eigenvalue weighted by Gasteiger charge is -2.13. The number of nitrogens with two attached hydrogens (primary N) is 2. The minimum Gasteiger partial charge on any atom is -0.397 e. The summed E-state index contributed by atoms with van der Waals surface area (Å²) in [6.45, 7) is 1.48. The van der Waals surface area contributed by atoms with Crippen molar-refractivity contribution in [3.05, 3.63) is 35.6 Å². The lowest BCUT2D eigenvalue weighted by molar-refractivity contribution is 0.614. The van der Waals surface area contributed by atoms with Crippen molar-refractivity contribution in [1.29, 1.82) is 0 Å². The third-order valence-electron chi connectivity index (χ3n) is 2.97. The summed E-state index contributed by atoms with van der Waals surface area (Å²) in [5, 5.41) is 2.87. The normalized spacial score (nSPS) is 10.7. The third kappa shape index (κ3) is 3.33. The first-order chi connectivity index (χ1) is 9.59. The van der Waals surface area contributed by atoms with Gasteiger partial charge in [0.25, 0.3) is 0 Å². The van der Waals surface area contributed by atoms with E-state index in [1.807, 2.05) is 10.8 Å². The van der Waals surface area contributed by atoms with Crippen molar-refractivity contribution in [1.82, 2.24) is 9.55 Å². The van der Waals surface area contributed by atoms with Crippen molar-refractivity contribution in [2.24, 2.45) is 0 Å². The quantitative estimate of drug-likeness (QED) is 0.565. The van der Waals surface area contributed by atoms with Gasteiger partial charge in [-0.1, -0.05) is 11.6 Å². The number of benzene rings is 1. The van der Waals surface area contributed by atoms with Crippen LogP contribution in [0.2, 0.25) is 5.02 Å². The van der Waals surface area contributed by atoms with Gasteiger partial charge < -0.3 is 21.4 Å². The molecule has 0 atom stereocenters. The maximum atomic E-state index is 13.9. The summed E-state index contributed by atoms with van der Waals surface area (Å²) in [4.78, 5) is 3.96. The predicted octanol–water partition coefficient (Wildman–Crippen LogP) is 2.73. The fourth-order valence-corrected chi connectivity index (χ4v) is 2.05. The lowest BCUT2D eigenvalue weighted by Crippen LogP contribution is -2.08. The van der Waals surface area contributed by atoms with E-state index in [9.17, 15) is 4.39 Å². The Labute approximate surface area is 121 Å². The van der Waals surface area contributed by atoms with Crippen LogP contribution in [0.15, 0.2) is 24.8 Å². The highest BCUT2D eigenvalue weighted by Crippen LogP contribution is 2.33. The molecule has 0 aliphatic carbocycles. The molecule has 0 fully saturated rings. The molecule has 108 valence electrons. The molecule has 2 rings (SSSR count). The van der Waals surface area contributed by atoms with Crippen LogP contribution >= 0.6 is 11.6 Å². The second kappa shape index (κ2) is 6.47. The number of hydrogen-bond acceptors (Lipinski definition) is 4. The molecule has 1 heterocycles. The number of nitrogen functional groups attached to an aromatic ring is 2. The van der Waals surface area contributed by atoms with Crippen LogP contribution in [-0.4, -0.2) is 16.1 Å². The van der Waals surface area contributed by atoms with Crippen molar-refractivity contribution in [2.75, 3.05) is 23.3 Å². The molecule has 1 aromatic carbocycles. The number of hydrogen-bond donors (Lipinski definition) is 3. The van der Waals surface area contributed by atoms with Gasteiger partial charge >= 0.3 is 0 Å². The first kappa shape index (κ1) is 14.5. The average molecular weight is 298 g/mol. The van der Waals surface area contributed by atoms with Crippen LogP contribution in [0.5, 0.6) is 0 Å². The van der Waals surface area contributed by atoms with E-state index >= 15 is 0 Å². The minimum absolute atomic E-state index is 0.0971. The first-order valence-corrected chi connectivity index (χ1v) is 6.70. The zero-order chi connectivity index (χ0) is 14.5. The van der Waals surface area contributed by atoms with Gasteiger partial charge in [-0.25, -0.2) is 9.37 Å². The van der Waals surface area contributed by atoms with Crippen LogP contribution in [0, 0.1) is 5.82 Å². The van der Waals surface area contributed by atoms with Crippen LogP contribution in [0.4, 0.5) is 21.5 Å². The smallest absolute Gasteiger partial charge is 0.169 e. The van der Waals surface area contributed by atoms with Gasteiger partial charge in [0.2, 0.25) is 0 Å². The third-order valence-corrected chi connectivity index (χ3v) is 3.35. The number of halogens is 2. The summed E-state index contributed by atoms with van der Waals surface area (Å²) in [5.41, 5.74) is 11.9. The van der Waals surface area contributed by atoms with E-state index in [4.69, 9.17) is 23.1 Å². The van der Waals surface area contributed by atoms with E-state index in [0.717, 1.165) is 19.4 Å². The van der Waals surface area contributed by atoms with E-state index in [-0.39, 0.29) is 22.1 Å². The number of rotatable bonds is 6. The number of nitrogens with one attached hydrogen (secondary N) is 1. The van der Waals surface area contributed by atoms with Crippen LogP contribution in [0.1, 0.15) is 12.8 Å². The lowest BCUT2D eigenvalue weighted by atomic mass is 10.2. The van der Waals surface area contributed by atoms with Crippen LogP contribution in [-0.2, 0) is 6.54 Å². The first-order valence-electron chi connectivity index (χ1n) is 6.32. The van der Waals surface area contributed by atoms with Crippen molar-refractivity contribution in [3.8, 4) is 0 Å². The van der Waals surface area contributed by atoms with Crippen LogP contribution < -0.4 is 16.8 Å². The number of anilines is 3. The standard InChI is InChI=1S/C13H17ClFN5/c14-11-9(16)7-10(17)13(12(11)15)19-3-1-2-5-20-6-4-18-8-20/h4,6-8,19H,1-3,5,16-17H2. The molecule has 7 heteroatoms. The molecule has 0 saturated carbocycles. The second-order valence-corrected chi connectivity index (χ2v) is 4.87. The summed E-state index contributed by atoms with van der Waals surface area (Å²) in [6, 6.07) is 1.46. The summed E-state index contributed by atoms with van der Waals surface area (Å²) >= 11 is 5.76. The molecule has 2 aromatic rings. The number of nitrogens with zero attached hydrogens (tertiary/aromatic N) is 2. The van der Waals surface area contributed by atoms with Gasteiger partial charge in [0.05, 0.1) is 23.4 Å². The van der Waals surface area contributed by atoms with E-state index in [1.165, 1.54) is 6.07 Å². The molecule has 0 amide bonds. The maximum absolute atomic E-state index is 13.9. The summed E-state index contributed by atoms with van der Waals surface area (Å²) in [6.07, 6.45) is 7.24. The van der Waals surface area contributed by atoms with Crippen LogP contribution in [0.3, 0.4) is 0 Å². The van der Waals surface area contributed by atoms with Gasteiger partial charge in [-0.05, 0) is 18.9 Å². The van der Waals surface area contributed by atoms with E-state index < -0.39 is 5.82 Å². The molecule has 0 aliphatic rings. The fraction of sp³-hybridized carbons (Fsp3) is 0.308. The van der Waals surface area contributed by atoms with Gasteiger partial charge in [0.15, 0.2) is 5.82 Å². The molecule has 0 aliphatic heterocycles. The van der Waals surface area contributed by atoms with E-state index in [1.54, 1.807) is 12.5 Å². The average Bonchev–Trinajstić information content (AvgIpc) is 2.92. The van der Waals surface area contributed by atoms with Crippen molar-refractivity contribution < 1.29 is 4.39 Å². The molecule has 20 heavy (non-hydrogen) atoms. The Morgan fingerprint density at radius 3 is 2.80 bits per heavy atom. The van der Waals surface area contributed by atoms with E-state index in [2.05, 4.69) is 10.3 Å². The predicted molar refractivity (Wildman–Crippen MR) is 80.2 cm³/mol. The minimum atomic E-state index is -0.598. The SMILES string of the molecule is Nc1cc(N)c(NCCCCn2ccnc2)c(F)c1Cl. The van der Waals surface area contributed by atoms with Gasteiger partial charge in [0.1, 0.15) is 5.02 Å².